The molecule has 0 bridgehead atoms. The highest BCUT2D eigenvalue weighted by molar-refractivity contribution is 5.90. The number of rotatable bonds is 6. The van der Waals surface area contributed by atoms with Crippen molar-refractivity contribution in [1.29, 1.82) is 0 Å². The standard InChI is InChI=1S/C20H18F5N5O3/c1-9-13-3-10(21)4-14(22)17(13)33-16(9)18(20(23,24)25)30-19(32)29-12-5-11(6-27-7-12)28-8-15(31)26-2/h3-7,18,28H,8H2,1-2H3,(H,26,31)(H2,29,30,32)/t18-/m1/s1. The molecule has 176 valence electrons. The normalized spacial score (nSPS) is 12.3. The van der Waals surface area contributed by atoms with Crippen LogP contribution in [0, 0.1) is 18.6 Å². The van der Waals surface area contributed by atoms with E-state index in [-0.39, 0.29) is 29.1 Å². The summed E-state index contributed by atoms with van der Waals surface area (Å²) in [5.41, 5.74) is -0.369. The van der Waals surface area contributed by atoms with Crippen LogP contribution in [0.25, 0.3) is 11.0 Å². The van der Waals surface area contributed by atoms with Gasteiger partial charge in [0, 0.05) is 24.1 Å². The fourth-order valence-electron chi connectivity index (χ4n) is 3.01. The van der Waals surface area contributed by atoms with Gasteiger partial charge in [-0.3, -0.25) is 9.78 Å². The Labute approximate surface area is 183 Å². The number of nitrogens with zero attached hydrogens (tertiary/aromatic N) is 1. The average Bonchev–Trinajstić information content (AvgIpc) is 3.06. The number of hydrogen-bond donors (Lipinski definition) is 4. The number of aromatic nitrogens is 1. The van der Waals surface area contributed by atoms with Gasteiger partial charge >= 0.3 is 12.2 Å². The molecule has 0 radical (unpaired) electrons. The van der Waals surface area contributed by atoms with Crippen molar-refractivity contribution in [2.45, 2.75) is 19.1 Å². The first-order valence-electron chi connectivity index (χ1n) is 9.41. The van der Waals surface area contributed by atoms with Crippen molar-refractivity contribution < 1.29 is 36.0 Å². The van der Waals surface area contributed by atoms with Crippen LogP contribution < -0.4 is 21.3 Å². The molecule has 0 spiro atoms. The second kappa shape index (κ2) is 9.30. The number of benzene rings is 1. The van der Waals surface area contributed by atoms with Gasteiger partial charge in [-0.05, 0) is 19.1 Å². The van der Waals surface area contributed by atoms with E-state index in [1.165, 1.54) is 32.4 Å². The minimum atomic E-state index is -5.01. The molecule has 8 nitrogen and oxygen atoms in total. The number of furan rings is 1. The molecule has 2 aromatic heterocycles. The molecular formula is C20H18F5N5O3. The number of anilines is 2. The van der Waals surface area contributed by atoms with Crippen LogP contribution >= 0.6 is 0 Å². The molecule has 0 aliphatic rings. The van der Waals surface area contributed by atoms with E-state index in [9.17, 15) is 31.5 Å². The van der Waals surface area contributed by atoms with Crippen LogP contribution in [0.2, 0.25) is 0 Å². The van der Waals surface area contributed by atoms with Crippen molar-refractivity contribution in [2.75, 3.05) is 24.2 Å². The second-order valence-corrected chi connectivity index (χ2v) is 6.92. The number of amides is 3. The van der Waals surface area contributed by atoms with Crippen LogP contribution in [0.4, 0.5) is 38.1 Å². The fraction of sp³-hybridized carbons (Fsp3) is 0.250. The molecule has 1 aromatic carbocycles. The molecule has 1 atom stereocenters. The van der Waals surface area contributed by atoms with E-state index in [1.54, 1.807) is 5.32 Å². The lowest BCUT2D eigenvalue weighted by Crippen LogP contribution is -2.40. The maximum atomic E-state index is 14.0. The Morgan fingerprint density at radius 3 is 2.48 bits per heavy atom. The number of likely N-dealkylation sites (N-methyl/N-ethyl adjacent to an activating group) is 1. The third-order valence-corrected chi connectivity index (χ3v) is 4.59. The van der Waals surface area contributed by atoms with Gasteiger partial charge in [-0.1, -0.05) is 0 Å². The van der Waals surface area contributed by atoms with Gasteiger partial charge < -0.3 is 25.7 Å². The molecule has 3 rings (SSSR count). The molecule has 33 heavy (non-hydrogen) atoms. The number of urea groups is 1. The third kappa shape index (κ3) is 5.48. The predicted molar refractivity (Wildman–Crippen MR) is 109 cm³/mol. The number of pyridine rings is 1. The first-order chi connectivity index (χ1) is 15.5. The van der Waals surface area contributed by atoms with Crippen LogP contribution in [0.15, 0.2) is 35.0 Å². The largest absolute Gasteiger partial charge is 0.455 e. The number of hydrogen-bond acceptors (Lipinski definition) is 5. The SMILES string of the molecule is CNC(=O)CNc1cncc(NC(=O)N[C@H](c2oc3c(F)cc(F)cc3c2C)C(F)(F)F)c1. The van der Waals surface area contributed by atoms with Gasteiger partial charge in [-0.25, -0.2) is 13.6 Å². The molecule has 3 aromatic rings. The third-order valence-electron chi connectivity index (χ3n) is 4.59. The summed E-state index contributed by atoms with van der Waals surface area (Å²) >= 11 is 0. The maximum absolute atomic E-state index is 14.0. The van der Waals surface area contributed by atoms with Crippen LogP contribution in [0.1, 0.15) is 17.4 Å². The summed E-state index contributed by atoms with van der Waals surface area (Å²) in [6.07, 6.45) is -2.49. The van der Waals surface area contributed by atoms with E-state index in [0.29, 0.717) is 11.8 Å². The van der Waals surface area contributed by atoms with E-state index >= 15 is 0 Å². The van der Waals surface area contributed by atoms with E-state index < -0.39 is 41.2 Å². The molecule has 0 saturated carbocycles. The summed E-state index contributed by atoms with van der Waals surface area (Å²) in [4.78, 5) is 27.4. The highest BCUT2D eigenvalue weighted by Crippen LogP contribution is 2.39. The first kappa shape index (κ1) is 23.8. The number of fused-ring (bicyclic) bond motifs is 1. The van der Waals surface area contributed by atoms with Gasteiger partial charge in [0.1, 0.15) is 11.6 Å². The number of halogens is 5. The van der Waals surface area contributed by atoms with Gasteiger partial charge in [0.15, 0.2) is 17.4 Å². The van der Waals surface area contributed by atoms with E-state index in [1.807, 2.05) is 0 Å². The zero-order valence-corrected chi connectivity index (χ0v) is 17.2. The van der Waals surface area contributed by atoms with E-state index in [2.05, 4.69) is 20.9 Å². The highest BCUT2D eigenvalue weighted by atomic mass is 19.4. The van der Waals surface area contributed by atoms with Crippen LogP contribution in [0.5, 0.6) is 0 Å². The molecule has 0 aliphatic carbocycles. The van der Waals surface area contributed by atoms with Gasteiger partial charge in [-0.15, -0.1) is 0 Å². The quantitative estimate of drug-likeness (QED) is 0.407. The van der Waals surface area contributed by atoms with Crippen LogP contribution in [0.3, 0.4) is 0 Å². The monoisotopic (exact) mass is 471 g/mol. The molecule has 13 heteroatoms. The van der Waals surface area contributed by atoms with Crippen molar-refractivity contribution in [1.82, 2.24) is 15.6 Å². The number of carbonyl (C=O) groups excluding carboxylic acids is 2. The number of alkyl halides is 3. The zero-order valence-electron chi connectivity index (χ0n) is 17.2. The highest BCUT2D eigenvalue weighted by Gasteiger charge is 2.45. The average molecular weight is 471 g/mol. The van der Waals surface area contributed by atoms with E-state index in [0.717, 1.165) is 6.07 Å². The summed E-state index contributed by atoms with van der Waals surface area (Å²) in [6.45, 7) is 1.11. The number of aryl methyl sites for hydroxylation is 1. The summed E-state index contributed by atoms with van der Waals surface area (Å²) in [6, 6.07) is -1.22. The number of carbonyl (C=O) groups is 2. The molecule has 3 amide bonds. The Hall–Kier alpha value is -3.90. The molecule has 0 unspecified atom stereocenters. The fourth-order valence-corrected chi connectivity index (χ4v) is 3.01. The predicted octanol–water partition coefficient (Wildman–Crippen LogP) is 4.00. The Morgan fingerprint density at radius 1 is 1.12 bits per heavy atom. The van der Waals surface area contributed by atoms with Gasteiger partial charge in [0.2, 0.25) is 5.91 Å². The summed E-state index contributed by atoms with van der Waals surface area (Å²) < 4.78 is 73.7. The summed E-state index contributed by atoms with van der Waals surface area (Å²) in [5, 5.41) is 8.88. The second-order valence-electron chi connectivity index (χ2n) is 6.92. The van der Waals surface area contributed by atoms with Crippen molar-refractivity contribution in [3.8, 4) is 0 Å². The van der Waals surface area contributed by atoms with Crippen molar-refractivity contribution in [3.63, 3.8) is 0 Å². The smallest absolute Gasteiger partial charge is 0.416 e. The molecule has 0 saturated heterocycles. The van der Waals surface area contributed by atoms with Crippen LogP contribution in [-0.2, 0) is 4.79 Å². The Bertz CT molecular complexity index is 1190. The minimum Gasteiger partial charge on any atom is -0.455 e. The van der Waals surface area contributed by atoms with E-state index in [4.69, 9.17) is 4.42 Å². The lowest BCUT2D eigenvalue weighted by molar-refractivity contribution is -0.158. The van der Waals surface area contributed by atoms with Gasteiger partial charge in [-0.2, -0.15) is 13.2 Å². The number of nitrogens with one attached hydrogen (secondary N) is 4. The van der Waals surface area contributed by atoms with Crippen LogP contribution in [-0.4, -0.2) is 36.7 Å². The Kier molecular flexibility index (Phi) is 6.70. The molecule has 4 N–H and O–H groups in total. The maximum Gasteiger partial charge on any atom is 0.416 e. The Morgan fingerprint density at radius 2 is 1.82 bits per heavy atom. The van der Waals surface area contributed by atoms with Crippen molar-refractivity contribution >= 4 is 34.3 Å². The summed E-state index contributed by atoms with van der Waals surface area (Å²) in [7, 11) is 1.44. The Balaban J connectivity index is 1.82. The van der Waals surface area contributed by atoms with Gasteiger partial charge in [0.25, 0.3) is 0 Å². The molecule has 2 heterocycles. The summed E-state index contributed by atoms with van der Waals surface area (Å²) in [5.74, 6) is -3.26. The molecular weight excluding hydrogens is 453 g/mol. The first-order valence-corrected chi connectivity index (χ1v) is 9.41. The van der Waals surface area contributed by atoms with Crippen molar-refractivity contribution in [3.05, 3.63) is 53.6 Å². The zero-order chi connectivity index (χ0) is 24.3. The lowest BCUT2D eigenvalue weighted by atomic mass is 10.1. The topological polar surface area (TPSA) is 108 Å². The lowest BCUT2D eigenvalue weighted by Gasteiger charge is -2.21. The molecule has 0 aliphatic heterocycles. The molecule has 0 fully saturated rings. The van der Waals surface area contributed by atoms with Crippen molar-refractivity contribution in [2.24, 2.45) is 0 Å². The van der Waals surface area contributed by atoms with Gasteiger partial charge in [0.05, 0.1) is 30.3 Å². The minimum absolute atomic E-state index is 0.0322.